The first-order valence-electron chi connectivity index (χ1n) is 8.01. The molecule has 3 rings (SSSR count). The molecule has 0 saturated carbocycles. The van der Waals surface area contributed by atoms with E-state index >= 15 is 0 Å². The summed E-state index contributed by atoms with van der Waals surface area (Å²) < 4.78 is 24.7. The quantitative estimate of drug-likeness (QED) is 0.632. The number of ether oxygens (including phenoxy) is 2. The standard InChI is InChI=1S/C19H19FN2O3/c1-24-19(23)16(15-4-6-21-7-5-15)12-14-2-3-18(17(20)13-14)22-8-10-25-11-9-22/h2-7,12-13H,8-11H2,1H3/b16-12-. The van der Waals surface area contributed by atoms with Gasteiger partial charge < -0.3 is 14.4 Å². The van der Waals surface area contributed by atoms with Gasteiger partial charge in [0.1, 0.15) is 5.82 Å². The van der Waals surface area contributed by atoms with Gasteiger partial charge in [-0.1, -0.05) is 6.07 Å². The summed E-state index contributed by atoms with van der Waals surface area (Å²) in [6.45, 7) is 2.51. The van der Waals surface area contributed by atoms with E-state index in [2.05, 4.69) is 4.98 Å². The number of nitrogens with zero attached hydrogens (tertiary/aromatic N) is 2. The summed E-state index contributed by atoms with van der Waals surface area (Å²) >= 11 is 0. The second kappa shape index (κ2) is 7.90. The molecule has 130 valence electrons. The predicted octanol–water partition coefficient (Wildman–Crippen LogP) is 2.77. The Morgan fingerprint density at radius 2 is 1.96 bits per heavy atom. The zero-order valence-electron chi connectivity index (χ0n) is 13.9. The van der Waals surface area contributed by atoms with Crippen molar-refractivity contribution in [2.75, 3.05) is 38.3 Å². The van der Waals surface area contributed by atoms with Crippen molar-refractivity contribution in [2.24, 2.45) is 0 Å². The molecule has 0 bridgehead atoms. The SMILES string of the molecule is COC(=O)/C(=C\c1ccc(N2CCOCC2)c(F)c1)c1ccncc1. The Bertz CT molecular complexity index is 771. The number of halogens is 1. The van der Waals surface area contributed by atoms with Crippen LogP contribution in [0.1, 0.15) is 11.1 Å². The van der Waals surface area contributed by atoms with Crippen LogP contribution in [0.5, 0.6) is 0 Å². The minimum Gasteiger partial charge on any atom is -0.465 e. The molecule has 0 amide bonds. The first-order chi connectivity index (χ1) is 12.2. The van der Waals surface area contributed by atoms with Gasteiger partial charge >= 0.3 is 5.97 Å². The number of aromatic nitrogens is 1. The Morgan fingerprint density at radius 3 is 2.60 bits per heavy atom. The highest BCUT2D eigenvalue weighted by Gasteiger charge is 2.16. The van der Waals surface area contributed by atoms with E-state index in [9.17, 15) is 9.18 Å². The third-order valence-corrected chi connectivity index (χ3v) is 4.03. The molecular formula is C19H19FN2O3. The van der Waals surface area contributed by atoms with Gasteiger partial charge in [0.2, 0.25) is 0 Å². The fourth-order valence-electron chi connectivity index (χ4n) is 2.74. The number of anilines is 1. The van der Waals surface area contributed by atoms with Crippen LogP contribution >= 0.6 is 0 Å². The lowest BCUT2D eigenvalue weighted by Crippen LogP contribution is -2.36. The highest BCUT2D eigenvalue weighted by Crippen LogP contribution is 2.25. The summed E-state index contributed by atoms with van der Waals surface area (Å²) in [5.74, 6) is -0.807. The monoisotopic (exact) mass is 342 g/mol. The fraction of sp³-hybridized carbons (Fsp3) is 0.263. The number of pyridine rings is 1. The van der Waals surface area contributed by atoms with Crippen molar-refractivity contribution in [3.8, 4) is 0 Å². The lowest BCUT2D eigenvalue weighted by atomic mass is 10.0. The molecule has 0 aliphatic carbocycles. The summed E-state index contributed by atoms with van der Waals surface area (Å²) in [5, 5.41) is 0. The molecule has 0 atom stereocenters. The molecule has 6 heteroatoms. The van der Waals surface area contributed by atoms with Crippen molar-refractivity contribution in [1.29, 1.82) is 0 Å². The number of morpholine rings is 1. The van der Waals surface area contributed by atoms with E-state index in [-0.39, 0.29) is 5.82 Å². The Labute approximate surface area is 145 Å². The first-order valence-corrected chi connectivity index (χ1v) is 8.01. The molecule has 0 unspecified atom stereocenters. The van der Waals surface area contributed by atoms with Crippen LogP contribution in [0.2, 0.25) is 0 Å². The fourth-order valence-corrected chi connectivity index (χ4v) is 2.74. The van der Waals surface area contributed by atoms with Crippen molar-refractivity contribution in [1.82, 2.24) is 4.98 Å². The van der Waals surface area contributed by atoms with Crippen LogP contribution in [0.4, 0.5) is 10.1 Å². The van der Waals surface area contributed by atoms with Crippen LogP contribution in [0.15, 0.2) is 42.7 Å². The maximum atomic E-state index is 14.5. The molecule has 0 radical (unpaired) electrons. The molecule has 1 aromatic carbocycles. The summed E-state index contributed by atoms with van der Waals surface area (Å²) in [6.07, 6.45) is 4.80. The summed E-state index contributed by atoms with van der Waals surface area (Å²) in [6, 6.07) is 8.36. The summed E-state index contributed by atoms with van der Waals surface area (Å²) in [4.78, 5) is 18.0. The average Bonchev–Trinajstić information content (AvgIpc) is 2.67. The lowest BCUT2D eigenvalue weighted by molar-refractivity contribution is -0.133. The number of carbonyl (C=O) groups is 1. The van der Waals surface area contributed by atoms with Crippen LogP contribution in [-0.2, 0) is 14.3 Å². The summed E-state index contributed by atoms with van der Waals surface area (Å²) in [5.41, 5.74) is 2.15. The van der Waals surface area contributed by atoms with E-state index in [1.807, 2.05) is 4.90 Å². The normalized spacial score (nSPS) is 15.1. The van der Waals surface area contributed by atoms with Crippen LogP contribution in [-0.4, -0.2) is 44.4 Å². The molecule has 1 saturated heterocycles. The van der Waals surface area contributed by atoms with Crippen molar-refractivity contribution in [3.63, 3.8) is 0 Å². The lowest BCUT2D eigenvalue weighted by Gasteiger charge is -2.29. The molecule has 0 N–H and O–H groups in total. The van der Waals surface area contributed by atoms with E-state index < -0.39 is 5.97 Å². The third kappa shape index (κ3) is 4.03. The minimum absolute atomic E-state index is 0.324. The zero-order chi connectivity index (χ0) is 17.6. The minimum atomic E-state index is -0.483. The van der Waals surface area contributed by atoms with Gasteiger partial charge in [0.25, 0.3) is 0 Å². The largest absolute Gasteiger partial charge is 0.465 e. The van der Waals surface area contributed by atoms with Gasteiger partial charge in [0.15, 0.2) is 0 Å². The molecule has 0 spiro atoms. The van der Waals surface area contributed by atoms with Crippen LogP contribution in [0, 0.1) is 5.82 Å². The number of rotatable bonds is 4. The Balaban J connectivity index is 1.92. The summed E-state index contributed by atoms with van der Waals surface area (Å²) in [7, 11) is 1.32. The van der Waals surface area contributed by atoms with E-state index in [0.717, 1.165) is 0 Å². The van der Waals surface area contributed by atoms with Crippen molar-refractivity contribution in [2.45, 2.75) is 0 Å². The molecular weight excluding hydrogens is 323 g/mol. The van der Waals surface area contributed by atoms with Gasteiger partial charge in [-0.05, 0) is 41.5 Å². The molecule has 1 aromatic heterocycles. The molecule has 25 heavy (non-hydrogen) atoms. The second-order valence-electron chi connectivity index (χ2n) is 5.60. The maximum Gasteiger partial charge on any atom is 0.338 e. The van der Waals surface area contributed by atoms with Crippen molar-refractivity contribution >= 4 is 23.3 Å². The number of carbonyl (C=O) groups excluding carboxylic acids is 1. The van der Waals surface area contributed by atoms with Crippen molar-refractivity contribution in [3.05, 3.63) is 59.7 Å². The molecule has 1 fully saturated rings. The van der Waals surface area contributed by atoms with Crippen LogP contribution in [0.3, 0.4) is 0 Å². The van der Waals surface area contributed by atoms with Crippen LogP contribution < -0.4 is 4.90 Å². The highest BCUT2D eigenvalue weighted by atomic mass is 19.1. The third-order valence-electron chi connectivity index (χ3n) is 4.03. The topological polar surface area (TPSA) is 51.7 Å². The number of esters is 1. The van der Waals surface area contributed by atoms with Crippen LogP contribution in [0.25, 0.3) is 11.6 Å². The first kappa shape index (κ1) is 17.1. The number of hydrogen-bond acceptors (Lipinski definition) is 5. The Kier molecular flexibility index (Phi) is 5.40. The molecule has 5 nitrogen and oxygen atoms in total. The van der Waals surface area contributed by atoms with Gasteiger partial charge in [0.05, 0.1) is 31.6 Å². The molecule has 1 aliphatic heterocycles. The highest BCUT2D eigenvalue weighted by molar-refractivity contribution is 6.21. The van der Waals surface area contributed by atoms with Gasteiger partial charge in [-0.15, -0.1) is 0 Å². The number of benzene rings is 1. The predicted molar refractivity (Wildman–Crippen MR) is 93.6 cm³/mol. The van der Waals surface area contributed by atoms with E-state index in [1.54, 1.807) is 42.7 Å². The number of hydrogen-bond donors (Lipinski definition) is 0. The Hall–Kier alpha value is -2.73. The zero-order valence-corrected chi connectivity index (χ0v) is 13.9. The number of methoxy groups -OCH3 is 1. The van der Waals surface area contributed by atoms with Gasteiger partial charge in [-0.25, -0.2) is 9.18 Å². The van der Waals surface area contributed by atoms with Crippen molar-refractivity contribution < 1.29 is 18.7 Å². The van der Waals surface area contributed by atoms with E-state index in [4.69, 9.17) is 9.47 Å². The van der Waals surface area contributed by atoms with E-state index in [0.29, 0.717) is 48.7 Å². The Morgan fingerprint density at radius 1 is 1.24 bits per heavy atom. The molecule has 2 heterocycles. The average molecular weight is 342 g/mol. The van der Waals surface area contributed by atoms with Gasteiger partial charge in [-0.3, -0.25) is 4.98 Å². The smallest absolute Gasteiger partial charge is 0.338 e. The molecule has 2 aromatic rings. The van der Waals surface area contributed by atoms with E-state index in [1.165, 1.54) is 13.2 Å². The second-order valence-corrected chi connectivity index (χ2v) is 5.60. The molecule has 1 aliphatic rings. The van der Waals surface area contributed by atoms with Gasteiger partial charge in [-0.2, -0.15) is 0 Å². The maximum absolute atomic E-state index is 14.5. The van der Waals surface area contributed by atoms with Gasteiger partial charge in [0, 0.05) is 25.5 Å².